The molecule has 2 aromatic rings. The van der Waals surface area contributed by atoms with Gasteiger partial charge in [-0.05, 0) is 22.4 Å². The van der Waals surface area contributed by atoms with E-state index in [-0.39, 0.29) is 11.5 Å². The molecule has 0 saturated heterocycles. The zero-order chi connectivity index (χ0) is 13.8. The number of anilines is 2. The number of benzene rings is 1. The maximum Gasteiger partial charge on any atom is 0.281 e. The van der Waals surface area contributed by atoms with E-state index in [0.29, 0.717) is 17.0 Å². The maximum absolute atomic E-state index is 11.8. The molecule has 0 aliphatic rings. The van der Waals surface area contributed by atoms with Crippen LogP contribution in [0.25, 0.3) is 0 Å². The molecule has 0 unspecified atom stereocenters. The van der Waals surface area contributed by atoms with E-state index in [1.807, 2.05) is 6.07 Å². The highest BCUT2D eigenvalue weighted by atomic mass is 16.6. The normalized spacial score (nSPS) is 9.68. The third-order valence-corrected chi connectivity index (χ3v) is 2.31. The van der Waals surface area contributed by atoms with Gasteiger partial charge in [-0.3, -0.25) is 4.79 Å². The fourth-order valence-corrected chi connectivity index (χ4v) is 1.40. The van der Waals surface area contributed by atoms with Crippen molar-refractivity contribution in [1.29, 1.82) is 5.26 Å². The lowest BCUT2D eigenvalue weighted by Crippen LogP contribution is -2.14. The molecule has 1 amide bonds. The van der Waals surface area contributed by atoms with E-state index < -0.39 is 5.91 Å². The summed E-state index contributed by atoms with van der Waals surface area (Å²) in [5.74, 6) is -0.339. The van der Waals surface area contributed by atoms with Crippen LogP contribution in [-0.4, -0.2) is 23.3 Å². The Kier molecular flexibility index (Phi) is 3.29. The highest BCUT2D eigenvalue weighted by Gasteiger charge is 2.17. The summed E-state index contributed by atoms with van der Waals surface area (Å²) in [6.45, 7) is 0. The molecule has 0 radical (unpaired) electrons. The Balaban J connectivity index is 2.27. The van der Waals surface area contributed by atoms with E-state index in [1.54, 1.807) is 12.1 Å². The van der Waals surface area contributed by atoms with Crippen LogP contribution in [0, 0.1) is 11.3 Å². The summed E-state index contributed by atoms with van der Waals surface area (Å²) in [6, 6.07) is 6.55. The molecule has 19 heavy (non-hydrogen) atoms. The number of nitrogens with one attached hydrogen (secondary N) is 1. The molecule has 2 rings (SSSR count). The van der Waals surface area contributed by atoms with Crippen molar-refractivity contribution in [3.63, 3.8) is 0 Å². The number of nitriles is 1. The average Bonchev–Trinajstić information content (AvgIpc) is 2.85. The minimum Gasteiger partial charge on any atom is -0.495 e. The van der Waals surface area contributed by atoms with Gasteiger partial charge in [-0.1, -0.05) is 0 Å². The summed E-state index contributed by atoms with van der Waals surface area (Å²) in [5.41, 5.74) is 6.09. The maximum atomic E-state index is 11.8. The quantitative estimate of drug-likeness (QED) is 0.833. The monoisotopic (exact) mass is 259 g/mol. The molecule has 96 valence electrons. The highest BCUT2D eigenvalue weighted by Crippen LogP contribution is 2.26. The van der Waals surface area contributed by atoms with Gasteiger partial charge in [0.25, 0.3) is 5.91 Å². The smallest absolute Gasteiger partial charge is 0.281 e. The van der Waals surface area contributed by atoms with Crippen molar-refractivity contribution in [2.45, 2.75) is 0 Å². The molecule has 0 spiro atoms. The predicted octanol–water partition coefficient (Wildman–Crippen LogP) is 0.784. The molecule has 1 heterocycles. The lowest BCUT2D eigenvalue weighted by molar-refractivity contribution is 0.101. The summed E-state index contributed by atoms with van der Waals surface area (Å²) in [7, 11) is 1.43. The van der Waals surface area contributed by atoms with Crippen molar-refractivity contribution in [2.24, 2.45) is 0 Å². The van der Waals surface area contributed by atoms with Crippen molar-refractivity contribution >= 4 is 17.4 Å². The van der Waals surface area contributed by atoms with Crippen LogP contribution in [0.2, 0.25) is 0 Å². The number of nitrogens with two attached hydrogens (primary N) is 1. The number of carbonyl (C=O) groups excluding carboxylic acids is 1. The molecule has 0 bridgehead atoms. The largest absolute Gasteiger partial charge is 0.495 e. The molecule has 0 saturated carbocycles. The molecule has 1 aromatic carbocycles. The molecule has 0 fully saturated rings. The predicted molar refractivity (Wildman–Crippen MR) is 64.4 cm³/mol. The van der Waals surface area contributed by atoms with E-state index in [0.717, 1.165) is 0 Å². The molecule has 8 heteroatoms. The van der Waals surface area contributed by atoms with Gasteiger partial charge in [-0.25, -0.2) is 4.63 Å². The summed E-state index contributed by atoms with van der Waals surface area (Å²) in [4.78, 5) is 11.8. The second kappa shape index (κ2) is 5.05. The second-order valence-electron chi connectivity index (χ2n) is 3.48. The molecular formula is C11H9N5O3. The summed E-state index contributed by atoms with van der Waals surface area (Å²) in [6.07, 6.45) is 0. The first-order valence-electron chi connectivity index (χ1n) is 5.13. The van der Waals surface area contributed by atoms with E-state index in [1.165, 1.54) is 13.2 Å². The Morgan fingerprint density at radius 3 is 2.89 bits per heavy atom. The molecule has 8 nitrogen and oxygen atoms in total. The van der Waals surface area contributed by atoms with Gasteiger partial charge in [0.2, 0.25) is 11.5 Å². The van der Waals surface area contributed by atoms with E-state index in [4.69, 9.17) is 15.7 Å². The zero-order valence-electron chi connectivity index (χ0n) is 9.88. The van der Waals surface area contributed by atoms with Gasteiger partial charge in [0.15, 0.2) is 0 Å². The SMILES string of the molecule is COc1cc(C#N)ccc1NC(=O)c1nonc1N. The molecule has 0 aliphatic heterocycles. The molecule has 0 aliphatic carbocycles. The first kappa shape index (κ1) is 12.4. The van der Waals surface area contributed by atoms with Crippen molar-refractivity contribution in [2.75, 3.05) is 18.2 Å². The molecule has 0 atom stereocenters. The van der Waals surface area contributed by atoms with Crippen LogP contribution >= 0.6 is 0 Å². The van der Waals surface area contributed by atoms with Gasteiger partial charge in [0.05, 0.1) is 24.4 Å². The summed E-state index contributed by atoms with van der Waals surface area (Å²) >= 11 is 0. The lowest BCUT2D eigenvalue weighted by Gasteiger charge is -2.09. The van der Waals surface area contributed by atoms with Crippen LogP contribution in [0.15, 0.2) is 22.8 Å². The van der Waals surface area contributed by atoms with E-state index >= 15 is 0 Å². The minimum atomic E-state index is -0.582. The van der Waals surface area contributed by atoms with Gasteiger partial charge in [-0.2, -0.15) is 5.26 Å². The number of rotatable bonds is 3. The van der Waals surface area contributed by atoms with Gasteiger partial charge in [0.1, 0.15) is 5.75 Å². The number of ether oxygens (including phenoxy) is 1. The fraction of sp³-hybridized carbons (Fsp3) is 0.0909. The van der Waals surface area contributed by atoms with Crippen molar-refractivity contribution < 1.29 is 14.2 Å². The Hall–Kier alpha value is -3.08. The van der Waals surface area contributed by atoms with Crippen LogP contribution in [0.1, 0.15) is 16.1 Å². The summed E-state index contributed by atoms with van der Waals surface area (Å²) in [5, 5.41) is 18.0. The topological polar surface area (TPSA) is 127 Å². The van der Waals surface area contributed by atoms with Gasteiger partial charge >= 0.3 is 0 Å². The average molecular weight is 259 g/mol. The van der Waals surface area contributed by atoms with Crippen LogP contribution in [0.4, 0.5) is 11.5 Å². The second-order valence-corrected chi connectivity index (χ2v) is 3.48. The van der Waals surface area contributed by atoms with Crippen LogP contribution < -0.4 is 15.8 Å². The standard InChI is InChI=1S/C11H9N5O3/c1-18-8-4-6(5-12)2-3-7(8)14-11(17)9-10(13)16-19-15-9/h2-4H,1H3,(H2,13,16)(H,14,17). The van der Waals surface area contributed by atoms with E-state index in [2.05, 4.69) is 20.3 Å². The fourth-order valence-electron chi connectivity index (χ4n) is 1.40. The van der Waals surface area contributed by atoms with Gasteiger partial charge < -0.3 is 15.8 Å². The number of carbonyl (C=O) groups is 1. The first-order valence-corrected chi connectivity index (χ1v) is 5.13. The number of amides is 1. The van der Waals surface area contributed by atoms with Crippen molar-refractivity contribution in [3.05, 3.63) is 29.5 Å². The molecular weight excluding hydrogens is 250 g/mol. The lowest BCUT2D eigenvalue weighted by atomic mass is 10.2. The van der Waals surface area contributed by atoms with Crippen LogP contribution in [-0.2, 0) is 0 Å². The zero-order valence-corrected chi connectivity index (χ0v) is 9.88. The summed E-state index contributed by atoms with van der Waals surface area (Å²) < 4.78 is 9.42. The minimum absolute atomic E-state index is 0.106. The third kappa shape index (κ3) is 2.44. The van der Waals surface area contributed by atoms with Gasteiger partial charge in [0, 0.05) is 6.07 Å². The number of hydrogen-bond donors (Lipinski definition) is 2. The van der Waals surface area contributed by atoms with E-state index in [9.17, 15) is 4.79 Å². The third-order valence-electron chi connectivity index (χ3n) is 2.31. The first-order chi connectivity index (χ1) is 9.15. The highest BCUT2D eigenvalue weighted by molar-refractivity contribution is 6.06. The Labute approximate surface area is 107 Å². The number of aromatic nitrogens is 2. The number of methoxy groups -OCH3 is 1. The van der Waals surface area contributed by atoms with Crippen molar-refractivity contribution in [1.82, 2.24) is 10.3 Å². The Morgan fingerprint density at radius 1 is 1.53 bits per heavy atom. The van der Waals surface area contributed by atoms with Gasteiger partial charge in [-0.15, -0.1) is 0 Å². The van der Waals surface area contributed by atoms with Crippen LogP contribution in [0.5, 0.6) is 5.75 Å². The number of nitrogens with zero attached hydrogens (tertiary/aromatic N) is 3. The number of hydrogen-bond acceptors (Lipinski definition) is 7. The van der Waals surface area contributed by atoms with Crippen LogP contribution in [0.3, 0.4) is 0 Å². The Morgan fingerprint density at radius 2 is 2.32 bits per heavy atom. The molecule has 3 N–H and O–H groups in total. The number of nitrogen functional groups attached to an aromatic ring is 1. The molecule has 1 aromatic heterocycles. The Bertz CT molecular complexity index is 659. The van der Waals surface area contributed by atoms with Crippen molar-refractivity contribution in [3.8, 4) is 11.8 Å².